The Hall–Kier alpha value is -1.14. The Balaban J connectivity index is 2.19. The molecule has 4 nitrogen and oxygen atoms in total. The van der Waals surface area contributed by atoms with Gasteiger partial charge in [-0.2, -0.15) is 0 Å². The van der Waals surface area contributed by atoms with Gasteiger partial charge in [-0.25, -0.2) is 12.8 Å². The first-order valence-electron chi connectivity index (χ1n) is 15.4. The molecular formula is C31H57FN2O2S. The molecule has 0 saturated heterocycles. The summed E-state index contributed by atoms with van der Waals surface area (Å²) in [7, 11) is -3.97. The maximum absolute atomic E-state index is 14.8. The van der Waals surface area contributed by atoms with Gasteiger partial charge in [0.1, 0.15) is 0 Å². The smallest absolute Gasteiger partial charge is 0.210 e. The average molecular weight is 541 g/mol. The van der Waals surface area contributed by atoms with Crippen LogP contribution in [0.15, 0.2) is 29.2 Å². The van der Waals surface area contributed by atoms with Crippen LogP contribution in [0.25, 0.3) is 0 Å². The largest absolute Gasteiger partial charge is 0.324 e. The number of rotatable bonds is 25. The fraction of sp³-hybridized carbons (Fsp3) is 0.806. The Bertz CT molecular complexity index is 755. The van der Waals surface area contributed by atoms with E-state index in [1.54, 1.807) is 12.1 Å². The van der Waals surface area contributed by atoms with E-state index < -0.39 is 15.3 Å². The van der Waals surface area contributed by atoms with Crippen molar-refractivity contribution in [2.75, 3.05) is 5.43 Å². The van der Waals surface area contributed by atoms with Gasteiger partial charge in [-0.05, 0) is 43.0 Å². The molecule has 0 aliphatic rings. The zero-order valence-electron chi connectivity index (χ0n) is 24.0. The number of halogens is 1. The summed E-state index contributed by atoms with van der Waals surface area (Å²) < 4.78 is 40.1. The van der Waals surface area contributed by atoms with Gasteiger partial charge < -0.3 is 5.43 Å². The second-order valence-corrected chi connectivity index (χ2v) is 13.0. The third-order valence-corrected chi connectivity index (χ3v) is 9.51. The lowest BCUT2D eigenvalue weighted by Crippen LogP contribution is -2.18. The molecule has 0 spiro atoms. The number of nitrogens with one attached hydrogen (secondary N) is 1. The number of unbranched alkanes of at least 4 members (excludes halogenated alkanes) is 15. The van der Waals surface area contributed by atoms with Crippen molar-refractivity contribution in [1.29, 1.82) is 0 Å². The number of sulfone groups is 1. The van der Waals surface area contributed by atoms with E-state index in [0.29, 0.717) is 18.0 Å². The highest BCUT2D eigenvalue weighted by Crippen LogP contribution is 2.28. The maximum Gasteiger partial charge on any atom is 0.210 e. The molecule has 1 aromatic rings. The zero-order valence-corrected chi connectivity index (χ0v) is 24.8. The molecule has 37 heavy (non-hydrogen) atoms. The number of nitrogens with two attached hydrogens (primary N) is 1. The van der Waals surface area contributed by atoms with E-state index in [1.807, 2.05) is 0 Å². The van der Waals surface area contributed by atoms with E-state index in [1.165, 1.54) is 108 Å². The summed E-state index contributed by atoms with van der Waals surface area (Å²) in [5.41, 5.74) is 1.20. The van der Waals surface area contributed by atoms with Gasteiger partial charge in [-0.15, -0.1) is 0 Å². The third-order valence-electron chi connectivity index (χ3n) is 7.67. The Morgan fingerprint density at radius 2 is 1.08 bits per heavy atom. The first-order valence-corrected chi connectivity index (χ1v) is 16.9. The van der Waals surface area contributed by atoms with Crippen LogP contribution in [0.5, 0.6) is 0 Å². The Labute approximate surface area is 228 Å². The number of alkyl halides is 1. The van der Waals surface area contributed by atoms with Crippen LogP contribution in [0.2, 0.25) is 0 Å². The lowest BCUT2D eigenvalue weighted by atomic mass is 9.91. The van der Waals surface area contributed by atoms with Gasteiger partial charge in [-0.1, -0.05) is 136 Å². The van der Waals surface area contributed by atoms with Crippen LogP contribution in [0.1, 0.15) is 149 Å². The molecule has 2 atom stereocenters. The molecule has 0 bridgehead atoms. The fourth-order valence-corrected chi connectivity index (χ4v) is 6.40. The second-order valence-electron chi connectivity index (χ2n) is 10.9. The minimum atomic E-state index is -3.97. The van der Waals surface area contributed by atoms with Crippen LogP contribution in [-0.4, -0.2) is 13.9 Å². The first kappa shape index (κ1) is 33.9. The van der Waals surface area contributed by atoms with Crippen LogP contribution < -0.4 is 11.3 Å². The summed E-state index contributed by atoms with van der Waals surface area (Å²) in [4.78, 5) is 0.0199. The summed E-state index contributed by atoms with van der Waals surface area (Å²) in [5.74, 6) is 5.75. The number of anilines is 1. The summed E-state index contributed by atoms with van der Waals surface area (Å²) >= 11 is 0. The third kappa shape index (κ3) is 15.8. The van der Waals surface area contributed by atoms with Crippen LogP contribution in [0.4, 0.5) is 10.1 Å². The molecule has 2 unspecified atom stereocenters. The molecule has 1 aromatic carbocycles. The normalized spacial score (nSPS) is 13.5. The maximum atomic E-state index is 14.8. The number of hydrogen-bond donors (Lipinski definition) is 2. The molecule has 0 aliphatic carbocycles. The van der Waals surface area contributed by atoms with Crippen molar-refractivity contribution in [1.82, 2.24) is 0 Å². The summed E-state index contributed by atoms with van der Waals surface area (Å²) in [5, 5.41) is 0. The van der Waals surface area contributed by atoms with E-state index in [9.17, 15) is 12.8 Å². The van der Waals surface area contributed by atoms with E-state index in [4.69, 9.17) is 5.84 Å². The highest BCUT2D eigenvalue weighted by molar-refractivity contribution is 7.91. The van der Waals surface area contributed by atoms with Crippen molar-refractivity contribution in [2.24, 2.45) is 11.8 Å². The van der Waals surface area contributed by atoms with Crippen LogP contribution in [0, 0.1) is 5.92 Å². The zero-order chi connectivity index (χ0) is 27.2. The Morgan fingerprint density at radius 3 is 1.54 bits per heavy atom. The van der Waals surface area contributed by atoms with E-state index in [2.05, 4.69) is 19.3 Å². The second kappa shape index (κ2) is 21.8. The first-order chi connectivity index (χ1) is 18.0. The van der Waals surface area contributed by atoms with Crippen LogP contribution >= 0.6 is 0 Å². The van der Waals surface area contributed by atoms with Gasteiger partial charge in [0.05, 0.1) is 4.90 Å². The van der Waals surface area contributed by atoms with Gasteiger partial charge in [0, 0.05) is 5.69 Å². The van der Waals surface area contributed by atoms with E-state index in [0.717, 1.165) is 25.7 Å². The van der Waals surface area contributed by atoms with Crippen LogP contribution in [-0.2, 0) is 9.84 Å². The molecule has 0 saturated carbocycles. The summed E-state index contributed by atoms with van der Waals surface area (Å²) in [6.07, 6.45) is 25.4. The van der Waals surface area contributed by atoms with Crippen molar-refractivity contribution in [2.45, 2.75) is 159 Å². The molecule has 0 aliphatic heterocycles. The Kier molecular flexibility index (Phi) is 19.9. The van der Waals surface area contributed by atoms with Crippen LogP contribution in [0.3, 0.4) is 0 Å². The summed E-state index contributed by atoms with van der Waals surface area (Å²) in [6.45, 7) is 4.45. The molecular weight excluding hydrogens is 483 g/mol. The predicted octanol–water partition coefficient (Wildman–Crippen LogP) is 9.89. The minimum absolute atomic E-state index is 0.0199. The standard InChI is InChI=1S/C31H57FN2O2S/c1-3-5-7-8-9-10-11-12-13-14-15-16-17-18-19-21-28(20-6-4-2)22-27-31(32)37(35,36)30-25-23-29(34-33)24-26-30/h23-26,28,31,34H,3-22,27,33H2,1-2H3. The van der Waals surface area contributed by atoms with Gasteiger partial charge in [0.15, 0.2) is 0 Å². The molecule has 6 heteroatoms. The van der Waals surface area contributed by atoms with Crippen molar-refractivity contribution < 1.29 is 12.8 Å². The Morgan fingerprint density at radius 1 is 0.649 bits per heavy atom. The SMILES string of the molecule is CCCCCCCCCCCCCCCCCC(CCCC)CCC(F)S(=O)(=O)c1ccc(NN)cc1. The molecule has 0 radical (unpaired) electrons. The van der Waals surface area contributed by atoms with Crippen molar-refractivity contribution in [3.8, 4) is 0 Å². The monoisotopic (exact) mass is 540 g/mol. The highest BCUT2D eigenvalue weighted by atomic mass is 32.2. The van der Waals surface area contributed by atoms with Crippen molar-refractivity contribution in [3.63, 3.8) is 0 Å². The molecule has 216 valence electrons. The lowest BCUT2D eigenvalue weighted by Gasteiger charge is -2.18. The molecule has 0 aromatic heterocycles. The number of nitrogen functional groups attached to an aromatic ring is 1. The predicted molar refractivity (Wildman–Crippen MR) is 158 cm³/mol. The fourth-order valence-electron chi connectivity index (χ4n) is 5.14. The van der Waals surface area contributed by atoms with E-state index >= 15 is 0 Å². The average Bonchev–Trinajstić information content (AvgIpc) is 2.91. The molecule has 0 amide bonds. The molecule has 1 rings (SSSR count). The van der Waals surface area contributed by atoms with Gasteiger partial charge >= 0.3 is 0 Å². The quantitative estimate of drug-likeness (QED) is 0.0735. The van der Waals surface area contributed by atoms with E-state index in [-0.39, 0.29) is 11.3 Å². The molecule has 3 N–H and O–H groups in total. The molecule has 0 heterocycles. The van der Waals surface area contributed by atoms with Crippen molar-refractivity contribution in [3.05, 3.63) is 24.3 Å². The highest BCUT2D eigenvalue weighted by Gasteiger charge is 2.27. The lowest BCUT2D eigenvalue weighted by molar-refractivity contribution is 0.325. The summed E-state index contributed by atoms with van der Waals surface area (Å²) in [6, 6.07) is 5.95. The molecule has 0 fully saturated rings. The number of benzene rings is 1. The van der Waals surface area contributed by atoms with Gasteiger partial charge in [-0.3, -0.25) is 5.84 Å². The topological polar surface area (TPSA) is 72.2 Å². The van der Waals surface area contributed by atoms with Crippen molar-refractivity contribution >= 4 is 15.5 Å². The minimum Gasteiger partial charge on any atom is -0.324 e. The van der Waals surface area contributed by atoms with Gasteiger partial charge in [0.2, 0.25) is 15.3 Å². The number of hydrogen-bond acceptors (Lipinski definition) is 4. The number of hydrazine groups is 1. The van der Waals surface area contributed by atoms with Gasteiger partial charge in [0.25, 0.3) is 0 Å².